The molecule has 2 unspecified atom stereocenters. The molecule has 0 saturated carbocycles. The number of likely N-dealkylation sites (N-methyl/N-ethyl adjacent to an activating group) is 1. The Hall–Kier alpha value is -1.23. The van der Waals surface area contributed by atoms with Gasteiger partial charge in [0.15, 0.2) is 0 Å². The molecule has 1 N–H and O–H groups in total. The van der Waals surface area contributed by atoms with Crippen molar-refractivity contribution in [3.8, 4) is 0 Å². The van der Waals surface area contributed by atoms with Crippen LogP contribution in [0.1, 0.15) is 45.7 Å². The van der Waals surface area contributed by atoms with Gasteiger partial charge in [0.2, 0.25) is 0 Å². The number of fused-ring (bicyclic) bond motifs is 2. The Morgan fingerprint density at radius 1 is 1.27 bits per heavy atom. The van der Waals surface area contributed by atoms with Crippen LogP contribution in [0.15, 0.2) is 24.3 Å². The summed E-state index contributed by atoms with van der Waals surface area (Å²) in [6.45, 7) is 0.841. The summed E-state index contributed by atoms with van der Waals surface area (Å²) < 4.78 is 0. The first-order valence-electron chi connectivity index (χ1n) is 8.16. The van der Waals surface area contributed by atoms with Gasteiger partial charge in [0, 0.05) is 10.9 Å². The van der Waals surface area contributed by atoms with Crippen LogP contribution in [0.3, 0.4) is 0 Å². The van der Waals surface area contributed by atoms with E-state index < -0.39 is 0 Å². The smallest absolute Gasteiger partial charge is 0.107 e. The second-order valence-corrected chi connectivity index (χ2v) is 7.68. The van der Waals surface area contributed by atoms with Gasteiger partial charge in [-0.1, -0.05) is 24.3 Å². The van der Waals surface area contributed by atoms with Gasteiger partial charge in [0.25, 0.3) is 0 Å². The Bertz CT molecular complexity index is 658. The van der Waals surface area contributed by atoms with Crippen molar-refractivity contribution in [2.24, 2.45) is 0 Å². The fourth-order valence-electron chi connectivity index (χ4n) is 3.75. The number of aryl methyl sites for hydroxylation is 2. The highest BCUT2D eigenvalue weighted by Crippen LogP contribution is 2.35. The van der Waals surface area contributed by atoms with E-state index in [1.165, 1.54) is 40.4 Å². The van der Waals surface area contributed by atoms with E-state index in [4.69, 9.17) is 4.98 Å². The Kier molecular flexibility index (Phi) is 3.76. The predicted molar refractivity (Wildman–Crippen MR) is 89.1 cm³/mol. The molecule has 1 aromatic carbocycles. The molecule has 0 aliphatic heterocycles. The van der Waals surface area contributed by atoms with Crippen LogP contribution in [0.4, 0.5) is 0 Å². The lowest BCUT2D eigenvalue weighted by molar-refractivity contribution is 0.0721. The molecule has 0 spiro atoms. The van der Waals surface area contributed by atoms with Gasteiger partial charge in [-0.2, -0.15) is 0 Å². The quantitative estimate of drug-likeness (QED) is 0.945. The number of rotatable bonds is 3. The van der Waals surface area contributed by atoms with Crippen LogP contribution in [0.25, 0.3) is 0 Å². The lowest BCUT2D eigenvalue weighted by Crippen LogP contribution is -2.34. The average Bonchev–Trinajstić information content (AvgIpc) is 3.08. The summed E-state index contributed by atoms with van der Waals surface area (Å²) in [5.74, 6) is 0. The van der Waals surface area contributed by atoms with Crippen molar-refractivity contribution < 1.29 is 5.11 Å². The molecule has 0 bridgehead atoms. The first-order valence-corrected chi connectivity index (χ1v) is 8.97. The minimum absolute atomic E-state index is 0.165. The Morgan fingerprint density at radius 2 is 2.09 bits per heavy atom. The molecule has 2 aliphatic carbocycles. The van der Waals surface area contributed by atoms with E-state index in [0.29, 0.717) is 0 Å². The first-order chi connectivity index (χ1) is 10.7. The number of hydrogen-bond donors (Lipinski definition) is 1. The van der Waals surface area contributed by atoms with Crippen molar-refractivity contribution in [2.45, 2.75) is 50.8 Å². The molecule has 1 aromatic heterocycles. The molecular weight excluding hydrogens is 292 g/mol. The summed E-state index contributed by atoms with van der Waals surface area (Å²) in [5, 5.41) is 11.8. The molecule has 1 heterocycles. The third kappa shape index (κ3) is 2.49. The number of aromatic nitrogens is 1. The predicted octanol–water partition coefficient (Wildman–Crippen LogP) is 3.11. The SMILES string of the molecule is CN(Cc1nc2c(s1)CCCC2)C1Cc2ccccc2C1O. The topological polar surface area (TPSA) is 36.4 Å². The number of aliphatic hydroxyl groups excluding tert-OH is 1. The van der Waals surface area contributed by atoms with Crippen molar-refractivity contribution in [3.05, 3.63) is 51.0 Å². The number of aliphatic hydroxyl groups is 1. The first kappa shape index (κ1) is 14.4. The molecular formula is C18H22N2OS. The van der Waals surface area contributed by atoms with Gasteiger partial charge >= 0.3 is 0 Å². The minimum atomic E-state index is -0.379. The summed E-state index contributed by atoms with van der Waals surface area (Å²) in [6, 6.07) is 8.42. The van der Waals surface area contributed by atoms with Crippen LogP contribution in [0.2, 0.25) is 0 Å². The molecule has 0 fully saturated rings. The van der Waals surface area contributed by atoms with Crippen LogP contribution < -0.4 is 0 Å². The van der Waals surface area contributed by atoms with E-state index in [0.717, 1.165) is 24.9 Å². The molecule has 4 rings (SSSR count). The van der Waals surface area contributed by atoms with Gasteiger partial charge in [0.1, 0.15) is 5.01 Å². The average molecular weight is 314 g/mol. The Labute approximate surface area is 135 Å². The summed E-state index contributed by atoms with van der Waals surface area (Å²) in [5.41, 5.74) is 3.71. The number of hydrogen-bond acceptors (Lipinski definition) is 4. The van der Waals surface area contributed by atoms with E-state index in [1.807, 2.05) is 17.4 Å². The van der Waals surface area contributed by atoms with Crippen LogP contribution in [-0.4, -0.2) is 28.1 Å². The molecule has 0 saturated heterocycles. The third-order valence-electron chi connectivity index (χ3n) is 5.01. The number of nitrogens with zero attached hydrogens (tertiary/aromatic N) is 2. The zero-order chi connectivity index (χ0) is 15.1. The van der Waals surface area contributed by atoms with Gasteiger partial charge in [-0.3, -0.25) is 4.90 Å². The zero-order valence-corrected chi connectivity index (χ0v) is 13.8. The molecule has 0 radical (unpaired) electrons. The lowest BCUT2D eigenvalue weighted by Gasteiger charge is -2.26. The summed E-state index contributed by atoms with van der Waals surface area (Å²) in [4.78, 5) is 8.59. The third-order valence-corrected chi connectivity index (χ3v) is 6.15. The maximum Gasteiger partial charge on any atom is 0.107 e. The summed E-state index contributed by atoms with van der Waals surface area (Å²) in [6.07, 6.45) is 5.49. The highest BCUT2D eigenvalue weighted by atomic mass is 32.1. The summed E-state index contributed by atoms with van der Waals surface area (Å²) in [7, 11) is 2.11. The number of thiazole rings is 1. The molecule has 4 heteroatoms. The highest BCUT2D eigenvalue weighted by molar-refractivity contribution is 7.11. The van der Waals surface area contributed by atoms with Crippen molar-refractivity contribution >= 4 is 11.3 Å². The van der Waals surface area contributed by atoms with Gasteiger partial charge < -0.3 is 5.11 Å². The van der Waals surface area contributed by atoms with Gasteiger partial charge in [-0.05, 0) is 50.3 Å². The molecule has 3 nitrogen and oxygen atoms in total. The molecule has 22 heavy (non-hydrogen) atoms. The maximum absolute atomic E-state index is 10.6. The van der Waals surface area contributed by atoms with E-state index in [-0.39, 0.29) is 12.1 Å². The fourth-order valence-corrected chi connectivity index (χ4v) is 4.97. The largest absolute Gasteiger partial charge is 0.387 e. The van der Waals surface area contributed by atoms with Crippen molar-refractivity contribution in [1.82, 2.24) is 9.88 Å². The van der Waals surface area contributed by atoms with E-state index in [2.05, 4.69) is 30.1 Å². The molecule has 2 aliphatic rings. The van der Waals surface area contributed by atoms with Gasteiger partial charge in [-0.25, -0.2) is 4.98 Å². The summed E-state index contributed by atoms with van der Waals surface area (Å²) >= 11 is 1.87. The van der Waals surface area contributed by atoms with Crippen molar-refractivity contribution in [2.75, 3.05) is 7.05 Å². The van der Waals surface area contributed by atoms with Crippen LogP contribution in [0.5, 0.6) is 0 Å². The van der Waals surface area contributed by atoms with Crippen LogP contribution >= 0.6 is 11.3 Å². The van der Waals surface area contributed by atoms with Gasteiger partial charge in [0.05, 0.1) is 18.3 Å². The molecule has 0 amide bonds. The van der Waals surface area contributed by atoms with E-state index in [9.17, 15) is 5.11 Å². The number of benzene rings is 1. The monoisotopic (exact) mass is 314 g/mol. The molecule has 2 aromatic rings. The molecule has 2 atom stereocenters. The lowest BCUT2D eigenvalue weighted by atomic mass is 10.0. The minimum Gasteiger partial charge on any atom is -0.387 e. The normalized spacial score (nSPS) is 23.6. The highest BCUT2D eigenvalue weighted by Gasteiger charge is 2.33. The zero-order valence-electron chi connectivity index (χ0n) is 13.0. The standard InChI is InChI=1S/C18H22N2OS/c1-20(11-17-19-14-8-4-5-9-16(14)22-17)15-10-12-6-2-3-7-13(12)18(15)21/h2-3,6-7,15,18,21H,4-5,8-11H2,1H3. The van der Waals surface area contributed by atoms with E-state index >= 15 is 0 Å². The Balaban J connectivity index is 1.49. The van der Waals surface area contributed by atoms with Gasteiger partial charge in [-0.15, -0.1) is 11.3 Å². The van der Waals surface area contributed by atoms with Crippen molar-refractivity contribution in [1.29, 1.82) is 0 Å². The maximum atomic E-state index is 10.6. The fraction of sp³-hybridized carbons (Fsp3) is 0.500. The van der Waals surface area contributed by atoms with E-state index in [1.54, 1.807) is 0 Å². The van der Waals surface area contributed by atoms with Crippen LogP contribution in [0, 0.1) is 0 Å². The Morgan fingerprint density at radius 3 is 2.91 bits per heavy atom. The van der Waals surface area contributed by atoms with Crippen LogP contribution in [-0.2, 0) is 25.8 Å². The second kappa shape index (κ2) is 5.76. The van der Waals surface area contributed by atoms with Crippen molar-refractivity contribution in [3.63, 3.8) is 0 Å². The molecule has 116 valence electrons. The second-order valence-electron chi connectivity index (χ2n) is 6.51.